The Balaban J connectivity index is 2.17. The molecule has 2 rings (SSSR count). The van der Waals surface area contributed by atoms with E-state index < -0.39 is 5.91 Å². The molecule has 0 unspecified atom stereocenters. The molecule has 1 aromatic carbocycles. The number of piperidine rings is 1. The van der Waals surface area contributed by atoms with Crippen LogP contribution >= 0.6 is 0 Å². The van der Waals surface area contributed by atoms with Gasteiger partial charge in [-0.25, -0.2) is 0 Å². The normalized spacial score (nSPS) is 17.2. The van der Waals surface area contributed by atoms with Gasteiger partial charge in [-0.15, -0.1) is 0 Å². The molecule has 0 bridgehead atoms. The van der Waals surface area contributed by atoms with E-state index in [9.17, 15) is 9.59 Å². The second-order valence-electron chi connectivity index (χ2n) is 5.64. The number of nitrogens with two attached hydrogens (primary N) is 1. The monoisotopic (exact) mass is 289 g/mol. The van der Waals surface area contributed by atoms with Crippen molar-refractivity contribution in [3.63, 3.8) is 0 Å². The summed E-state index contributed by atoms with van der Waals surface area (Å²) in [6.45, 7) is 3.79. The van der Waals surface area contributed by atoms with Crippen molar-refractivity contribution in [1.29, 1.82) is 0 Å². The molecule has 0 radical (unpaired) electrons. The van der Waals surface area contributed by atoms with Crippen LogP contribution in [0.3, 0.4) is 0 Å². The van der Waals surface area contributed by atoms with E-state index in [1.54, 1.807) is 0 Å². The maximum Gasteiger partial charge on any atom is 0.230 e. The molecule has 1 fully saturated rings. The van der Waals surface area contributed by atoms with Crippen LogP contribution in [0.2, 0.25) is 0 Å². The van der Waals surface area contributed by atoms with Crippen molar-refractivity contribution >= 4 is 17.5 Å². The number of benzene rings is 1. The minimum Gasteiger partial charge on any atom is -0.369 e. The summed E-state index contributed by atoms with van der Waals surface area (Å²) >= 11 is 0. The largest absolute Gasteiger partial charge is 0.369 e. The van der Waals surface area contributed by atoms with E-state index >= 15 is 0 Å². The van der Waals surface area contributed by atoms with Gasteiger partial charge in [0, 0.05) is 5.69 Å². The highest BCUT2D eigenvalue weighted by Gasteiger charge is 2.37. The highest BCUT2D eigenvalue weighted by molar-refractivity contribution is 5.96. The third kappa shape index (κ3) is 3.61. The molecule has 1 aromatic rings. The first-order valence-electron chi connectivity index (χ1n) is 7.46. The molecule has 0 spiro atoms. The van der Waals surface area contributed by atoms with Gasteiger partial charge < -0.3 is 16.4 Å². The lowest BCUT2D eigenvalue weighted by Crippen LogP contribution is -2.44. The summed E-state index contributed by atoms with van der Waals surface area (Å²) in [6.07, 6.45) is 2.64. The molecular formula is C16H23N3O2. The van der Waals surface area contributed by atoms with Crippen LogP contribution < -0.4 is 16.4 Å². The fourth-order valence-electron chi connectivity index (χ4n) is 2.89. The predicted octanol–water partition coefficient (Wildman–Crippen LogP) is 1.43. The van der Waals surface area contributed by atoms with Crippen LogP contribution in [0.15, 0.2) is 24.3 Å². The van der Waals surface area contributed by atoms with Crippen molar-refractivity contribution < 1.29 is 9.59 Å². The standard InChI is InChI=1S/C16H23N3O2/c1-2-16(7-9-18-10-8-16)15(21)19-13-6-4-3-5-12(13)11-14(17)20/h3-6,18H,2,7-11H2,1H3,(H2,17,20)(H,19,21). The molecule has 1 aliphatic rings. The molecule has 1 saturated heterocycles. The van der Waals surface area contributed by atoms with Gasteiger partial charge in [-0.1, -0.05) is 25.1 Å². The summed E-state index contributed by atoms with van der Waals surface area (Å²) in [5.41, 5.74) is 6.40. The Morgan fingerprint density at radius 1 is 1.29 bits per heavy atom. The fourth-order valence-corrected chi connectivity index (χ4v) is 2.89. The van der Waals surface area contributed by atoms with Gasteiger partial charge in [-0.2, -0.15) is 0 Å². The Kier molecular flexibility index (Phi) is 4.96. The number of carbonyl (C=O) groups excluding carboxylic acids is 2. The van der Waals surface area contributed by atoms with E-state index in [0.29, 0.717) is 5.69 Å². The highest BCUT2D eigenvalue weighted by atomic mass is 16.2. The lowest BCUT2D eigenvalue weighted by molar-refractivity contribution is -0.127. The van der Waals surface area contributed by atoms with Crippen molar-refractivity contribution in [2.45, 2.75) is 32.6 Å². The number of nitrogens with one attached hydrogen (secondary N) is 2. The molecule has 5 nitrogen and oxygen atoms in total. The van der Waals surface area contributed by atoms with Crippen molar-refractivity contribution in [3.05, 3.63) is 29.8 Å². The Hall–Kier alpha value is -1.88. The van der Waals surface area contributed by atoms with Crippen molar-refractivity contribution in [3.8, 4) is 0 Å². The first-order valence-corrected chi connectivity index (χ1v) is 7.46. The number of carbonyl (C=O) groups is 2. The molecular weight excluding hydrogens is 266 g/mol. The maximum absolute atomic E-state index is 12.7. The molecule has 2 amide bonds. The van der Waals surface area contributed by atoms with Gasteiger partial charge in [0.05, 0.1) is 11.8 Å². The second kappa shape index (κ2) is 6.72. The number of primary amides is 1. The number of hydrogen-bond donors (Lipinski definition) is 3. The minimum atomic E-state index is -0.399. The second-order valence-corrected chi connectivity index (χ2v) is 5.64. The van der Waals surface area contributed by atoms with Crippen molar-refractivity contribution in [2.75, 3.05) is 18.4 Å². The van der Waals surface area contributed by atoms with Gasteiger partial charge in [0.1, 0.15) is 0 Å². The molecule has 0 saturated carbocycles. The highest BCUT2D eigenvalue weighted by Crippen LogP contribution is 2.34. The Morgan fingerprint density at radius 3 is 2.57 bits per heavy atom. The quantitative estimate of drug-likeness (QED) is 0.766. The lowest BCUT2D eigenvalue weighted by Gasteiger charge is -2.35. The molecule has 21 heavy (non-hydrogen) atoms. The average Bonchev–Trinajstić information content (AvgIpc) is 2.49. The van der Waals surface area contributed by atoms with Crippen LogP contribution in [0, 0.1) is 5.41 Å². The summed E-state index contributed by atoms with van der Waals surface area (Å²) in [5.74, 6) is -0.354. The van der Waals surface area contributed by atoms with Crippen molar-refractivity contribution in [1.82, 2.24) is 5.32 Å². The Labute approximate surface area is 125 Å². The van der Waals surface area contributed by atoms with Crippen LogP contribution in [0.25, 0.3) is 0 Å². The summed E-state index contributed by atoms with van der Waals surface area (Å²) in [4.78, 5) is 23.8. The number of hydrogen-bond acceptors (Lipinski definition) is 3. The van der Waals surface area contributed by atoms with Gasteiger partial charge in [0.15, 0.2) is 0 Å². The first kappa shape index (κ1) is 15.5. The van der Waals surface area contributed by atoms with Crippen LogP contribution in [0.4, 0.5) is 5.69 Å². The van der Waals surface area contributed by atoms with Gasteiger partial charge in [0.2, 0.25) is 11.8 Å². The number of para-hydroxylation sites is 1. The van der Waals surface area contributed by atoms with Gasteiger partial charge in [-0.05, 0) is 44.0 Å². The smallest absolute Gasteiger partial charge is 0.230 e. The summed E-state index contributed by atoms with van der Waals surface area (Å²) < 4.78 is 0. The molecule has 4 N–H and O–H groups in total. The van der Waals surface area contributed by atoms with E-state index in [-0.39, 0.29) is 17.7 Å². The first-order chi connectivity index (χ1) is 10.1. The number of amides is 2. The minimum absolute atomic E-state index is 0.0448. The topological polar surface area (TPSA) is 84.2 Å². The molecule has 114 valence electrons. The zero-order chi connectivity index (χ0) is 15.3. The van der Waals surface area contributed by atoms with E-state index in [2.05, 4.69) is 17.6 Å². The van der Waals surface area contributed by atoms with E-state index in [4.69, 9.17) is 5.73 Å². The molecule has 0 aliphatic carbocycles. The van der Waals surface area contributed by atoms with Gasteiger partial charge >= 0.3 is 0 Å². The zero-order valence-corrected chi connectivity index (χ0v) is 12.4. The summed E-state index contributed by atoms with van der Waals surface area (Å²) in [6, 6.07) is 7.33. The molecule has 5 heteroatoms. The van der Waals surface area contributed by atoms with Crippen LogP contribution in [-0.2, 0) is 16.0 Å². The van der Waals surface area contributed by atoms with Gasteiger partial charge in [-0.3, -0.25) is 9.59 Å². The van der Waals surface area contributed by atoms with Crippen LogP contribution in [-0.4, -0.2) is 24.9 Å². The third-order valence-electron chi connectivity index (χ3n) is 4.35. The van der Waals surface area contributed by atoms with Crippen molar-refractivity contribution in [2.24, 2.45) is 11.1 Å². The molecule has 1 aliphatic heterocycles. The summed E-state index contributed by atoms with van der Waals surface area (Å²) in [7, 11) is 0. The molecule has 0 aromatic heterocycles. The third-order valence-corrected chi connectivity index (χ3v) is 4.35. The Bertz CT molecular complexity index is 522. The summed E-state index contributed by atoms with van der Waals surface area (Å²) in [5, 5.41) is 6.29. The molecule has 1 heterocycles. The molecule has 0 atom stereocenters. The SMILES string of the molecule is CCC1(C(=O)Nc2ccccc2CC(N)=O)CCNCC1. The van der Waals surface area contributed by atoms with Gasteiger partial charge in [0.25, 0.3) is 0 Å². The number of anilines is 1. The van der Waals surface area contributed by atoms with E-state index in [1.165, 1.54) is 0 Å². The fraction of sp³-hybridized carbons (Fsp3) is 0.500. The number of rotatable bonds is 5. The van der Waals surface area contributed by atoms with E-state index in [1.807, 2.05) is 24.3 Å². The van der Waals surface area contributed by atoms with Crippen LogP contribution in [0.5, 0.6) is 0 Å². The maximum atomic E-state index is 12.7. The zero-order valence-electron chi connectivity index (χ0n) is 12.4. The van der Waals surface area contributed by atoms with Crippen LogP contribution in [0.1, 0.15) is 31.7 Å². The lowest BCUT2D eigenvalue weighted by atomic mass is 9.76. The van der Waals surface area contributed by atoms with E-state index in [0.717, 1.165) is 37.9 Å². The average molecular weight is 289 g/mol. The predicted molar refractivity (Wildman–Crippen MR) is 82.8 cm³/mol. The Morgan fingerprint density at radius 2 is 1.95 bits per heavy atom.